The highest BCUT2D eigenvalue weighted by atomic mass is 16.6. The summed E-state index contributed by atoms with van der Waals surface area (Å²) in [5.74, 6) is 1.09. The van der Waals surface area contributed by atoms with Gasteiger partial charge in [-0.2, -0.15) is 0 Å². The summed E-state index contributed by atoms with van der Waals surface area (Å²) in [5, 5.41) is 47.9. The number of nitrogens with zero attached hydrogens (tertiary/aromatic N) is 1. The van der Waals surface area contributed by atoms with Gasteiger partial charge >= 0.3 is 0 Å². The van der Waals surface area contributed by atoms with Crippen molar-refractivity contribution in [3.05, 3.63) is 0 Å². The predicted molar refractivity (Wildman–Crippen MR) is 123 cm³/mol. The Labute approximate surface area is 191 Å². The van der Waals surface area contributed by atoms with Gasteiger partial charge in [0.2, 0.25) is 0 Å². The van der Waals surface area contributed by atoms with E-state index in [1.54, 1.807) is 0 Å². The van der Waals surface area contributed by atoms with Gasteiger partial charge in [-0.05, 0) is 81.0 Å². The first-order chi connectivity index (χ1) is 15.1. The predicted octanol–water partition coefficient (Wildman–Crippen LogP) is 2.11. The third-order valence-electron chi connectivity index (χ3n) is 10.1. The van der Waals surface area contributed by atoms with E-state index in [0.29, 0.717) is 44.2 Å². The standard InChI is InChI=1S/C24H42N4O4/c1-21-8-6-17(29)14-16(21)4-5-19-18(21)7-9-22(2)23(30,10-11-24(19,22)31)15-28-32-13-3-12-27-20(25)26/h15-19,29-31H,3-14H2,1-2H3,(H4,25,26,27)/b28-15+/t16?,17?,18-,19-,21+,22-,23?,24-/m1/s1. The normalized spacial score (nSPS) is 48.0. The van der Waals surface area contributed by atoms with E-state index < -0.39 is 16.6 Å². The highest BCUT2D eigenvalue weighted by Crippen LogP contribution is 2.69. The van der Waals surface area contributed by atoms with E-state index in [-0.39, 0.29) is 23.4 Å². The van der Waals surface area contributed by atoms with Gasteiger partial charge in [-0.15, -0.1) is 0 Å². The van der Waals surface area contributed by atoms with E-state index in [1.165, 1.54) is 6.21 Å². The molecule has 7 N–H and O–H groups in total. The maximum atomic E-state index is 12.1. The average molecular weight is 451 g/mol. The molecule has 182 valence electrons. The van der Waals surface area contributed by atoms with Crippen molar-refractivity contribution in [3.8, 4) is 0 Å². The molecule has 0 amide bonds. The fraction of sp³-hybridized carbons (Fsp3) is 0.917. The molecule has 0 aliphatic heterocycles. The molecule has 0 saturated heterocycles. The zero-order valence-electron chi connectivity index (χ0n) is 19.6. The molecule has 0 aromatic carbocycles. The highest BCUT2D eigenvalue weighted by Gasteiger charge is 2.71. The summed E-state index contributed by atoms with van der Waals surface area (Å²) in [6, 6.07) is 0. The monoisotopic (exact) mass is 450 g/mol. The molecule has 8 heteroatoms. The van der Waals surface area contributed by atoms with Gasteiger partial charge in [-0.1, -0.05) is 19.0 Å². The number of hydrogen-bond acceptors (Lipinski definition) is 6. The van der Waals surface area contributed by atoms with Crippen molar-refractivity contribution >= 4 is 12.2 Å². The van der Waals surface area contributed by atoms with Crippen LogP contribution in [-0.4, -0.2) is 58.0 Å². The fourth-order valence-corrected chi connectivity index (χ4v) is 8.00. The molecular weight excluding hydrogens is 408 g/mol. The lowest BCUT2D eigenvalue weighted by Gasteiger charge is -2.64. The Balaban J connectivity index is 1.45. The summed E-state index contributed by atoms with van der Waals surface area (Å²) >= 11 is 0. The topological polar surface area (TPSA) is 144 Å². The number of guanidine groups is 1. The minimum Gasteiger partial charge on any atom is -0.396 e. The second-order valence-electron chi connectivity index (χ2n) is 11.4. The molecule has 0 heterocycles. The lowest BCUT2D eigenvalue weighted by atomic mass is 9.43. The second-order valence-corrected chi connectivity index (χ2v) is 11.4. The van der Waals surface area contributed by atoms with Crippen molar-refractivity contribution < 1.29 is 20.2 Å². The van der Waals surface area contributed by atoms with Crippen LogP contribution in [0.5, 0.6) is 0 Å². The van der Waals surface area contributed by atoms with E-state index >= 15 is 0 Å². The highest BCUT2D eigenvalue weighted by molar-refractivity contribution is 5.74. The molecule has 4 aliphatic carbocycles. The zero-order valence-corrected chi connectivity index (χ0v) is 19.6. The number of aliphatic hydroxyl groups excluding tert-OH is 1. The van der Waals surface area contributed by atoms with E-state index in [9.17, 15) is 15.3 Å². The Morgan fingerprint density at radius 2 is 1.91 bits per heavy atom. The molecule has 8 nitrogen and oxygen atoms in total. The van der Waals surface area contributed by atoms with Gasteiger partial charge in [0.15, 0.2) is 5.96 Å². The maximum absolute atomic E-state index is 12.1. The molecule has 0 aromatic heterocycles. The lowest BCUT2D eigenvalue weighted by Crippen LogP contribution is -2.65. The third kappa shape index (κ3) is 3.62. The average Bonchev–Trinajstić information content (AvgIpc) is 2.95. The molecule has 4 rings (SSSR count). The van der Waals surface area contributed by atoms with Gasteiger partial charge in [0.05, 0.1) is 17.9 Å². The molecule has 0 spiro atoms. The van der Waals surface area contributed by atoms with Crippen molar-refractivity contribution in [2.45, 2.75) is 95.4 Å². The zero-order chi connectivity index (χ0) is 23.2. The largest absolute Gasteiger partial charge is 0.396 e. The molecule has 3 unspecified atom stereocenters. The molecule has 32 heavy (non-hydrogen) atoms. The summed E-state index contributed by atoms with van der Waals surface area (Å²) in [6.45, 7) is 5.33. The fourth-order valence-electron chi connectivity index (χ4n) is 8.00. The number of rotatable bonds is 6. The Kier molecular flexibility index (Phi) is 6.27. The van der Waals surface area contributed by atoms with Crippen molar-refractivity contribution in [1.82, 2.24) is 5.32 Å². The Morgan fingerprint density at radius 1 is 1.12 bits per heavy atom. The van der Waals surface area contributed by atoms with Crippen LogP contribution >= 0.6 is 0 Å². The quantitative estimate of drug-likeness (QED) is 0.158. The number of hydrogen-bond donors (Lipinski definition) is 6. The first kappa shape index (κ1) is 23.8. The van der Waals surface area contributed by atoms with Crippen LogP contribution in [0.2, 0.25) is 0 Å². The van der Waals surface area contributed by atoms with Crippen LogP contribution in [0.25, 0.3) is 0 Å². The van der Waals surface area contributed by atoms with Crippen LogP contribution in [0.4, 0.5) is 0 Å². The van der Waals surface area contributed by atoms with Gasteiger partial charge in [-0.3, -0.25) is 5.41 Å². The molecule has 0 radical (unpaired) electrons. The van der Waals surface area contributed by atoms with Gasteiger partial charge in [0.25, 0.3) is 0 Å². The van der Waals surface area contributed by atoms with E-state index in [0.717, 1.165) is 44.9 Å². The summed E-state index contributed by atoms with van der Waals surface area (Å²) < 4.78 is 0. The van der Waals surface area contributed by atoms with Crippen LogP contribution in [0.1, 0.15) is 78.1 Å². The van der Waals surface area contributed by atoms with E-state index in [1.807, 2.05) is 6.92 Å². The number of oxime groups is 1. The summed E-state index contributed by atoms with van der Waals surface area (Å²) in [4.78, 5) is 5.36. The van der Waals surface area contributed by atoms with Crippen molar-refractivity contribution in [2.24, 2.45) is 39.5 Å². The minimum atomic E-state index is -1.19. The van der Waals surface area contributed by atoms with Crippen LogP contribution in [0.15, 0.2) is 5.16 Å². The van der Waals surface area contributed by atoms with Gasteiger partial charge in [0.1, 0.15) is 12.2 Å². The minimum absolute atomic E-state index is 0.0659. The molecule has 4 aliphatic rings. The van der Waals surface area contributed by atoms with Gasteiger partial charge in [-0.25, -0.2) is 0 Å². The Hall–Kier alpha value is -1.38. The maximum Gasteiger partial charge on any atom is 0.185 e. The van der Waals surface area contributed by atoms with Crippen LogP contribution in [0, 0.1) is 34.0 Å². The van der Waals surface area contributed by atoms with Crippen LogP contribution in [0.3, 0.4) is 0 Å². The molecule has 8 atom stereocenters. The number of nitrogens with two attached hydrogens (primary N) is 1. The van der Waals surface area contributed by atoms with Crippen molar-refractivity contribution in [3.63, 3.8) is 0 Å². The summed E-state index contributed by atoms with van der Waals surface area (Å²) in [6.07, 6.45) is 9.64. The SMILES string of the molecule is C[C@]12CCC(O)CC1CC[C@@H]1[C@H]2CC[C@]2(C)C(O)(/C=N/OCCCNC(=N)N)CC[C@@]12O. The van der Waals surface area contributed by atoms with Crippen LogP contribution in [-0.2, 0) is 4.84 Å². The van der Waals surface area contributed by atoms with Gasteiger partial charge < -0.3 is 31.2 Å². The summed E-state index contributed by atoms with van der Waals surface area (Å²) in [7, 11) is 0. The second kappa shape index (κ2) is 8.44. The van der Waals surface area contributed by atoms with Crippen molar-refractivity contribution in [2.75, 3.05) is 13.2 Å². The molecule has 4 fully saturated rings. The Bertz CT molecular complexity index is 750. The van der Waals surface area contributed by atoms with Crippen molar-refractivity contribution in [1.29, 1.82) is 5.41 Å². The molecule has 0 aromatic rings. The first-order valence-corrected chi connectivity index (χ1v) is 12.4. The van der Waals surface area contributed by atoms with E-state index in [2.05, 4.69) is 17.4 Å². The summed E-state index contributed by atoms with van der Waals surface area (Å²) in [5.41, 5.74) is 2.67. The number of aliphatic hydroxyl groups is 3. The van der Waals surface area contributed by atoms with Gasteiger partial charge in [0, 0.05) is 18.4 Å². The lowest BCUT2D eigenvalue weighted by molar-refractivity contribution is -0.224. The van der Waals surface area contributed by atoms with E-state index in [4.69, 9.17) is 16.0 Å². The molecule has 4 saturated carbocycles. The molecule has 0 bridgehead atoms. The Morgan fingerprint density at radius 3 is 2.66 bits per heavy atom. The smallest absolute Gasteiger partial charge is 0.185 e. The first-order valence-electron chi connectivity index (χ1n) is 12.4. The number of nitrogens with one attached hydrogen (secondary N) is 2. The number of fused-ring (bicyclic) bond motifs is 5. The molecular formula is C24H42N4O4. The van der Waals surface area contributed by atoms with Crippen LogP contribution < -0.4 is 11.1 Å². The third-order valence-corrected chi connectivity index (χ3v) is 10.1.